The third-order valence-electron chi connectivity index (χ3n) is 3.52. The van der Waals surface area contributed by atoms with E-state index in [9.17, 15) is 14.9 Å². The van der Waals surface area contributed by atoms with Crippen molar-refractivity contribution in [2.24, 2.45) is 11.7 Å². The van der Waals surface area contributed by atoms with Gasteiger partial charge in [0.1, 0.15) is 12.0 Å². The molecule has 0 unspecified atom stereocenters. The maximum absolute atomic E-state index is 11.3. The van der Waals surface area contributed by atoms with E-state index >= 15 is 0 Å². The van der Waals surface area contributed by atoms with Gasteiger partial charge in [0, 0.05) is 18.7 Å². The molecule has 0 spiro atoms. The van der Waals surface area contributed by atoms with Gasteiger partial charge in [-0.2, -0.15) is 0 Å². The van der Waals surface area contributed by atoms with E-state index in [4.69, 9.17) is 5.73 Å². The van der Waals surface area contributed by atoms with Gasteiger partial charge in [-0.3, -0.25) is 14.9 Å². The average molecular weight is 264 g/mol. The number of nitro groups is 1. The highest BCUT2D eigenvalue weighted by Gasteiger charge is 2.29. The summed E-state index contributed by atoms with van der Waals surface area (Å²) >= 11 is 0. The maximum Gasteiger partial charge on any atom is 0.287 e. The third-order valence-corrected chi connectivity index (χ3v) is 3.52. The fourth-order valence-corrected chi connectivity index (χ4v) is 2.31. The van der Waals surface area contributed by atoms with Gasteiger partial charge in [-0.1, -0.05) is 0 Å². The summed E-state index contributed by atoms with van der Waals surface area (Å²) in [4.78, 5) is 27.4. The number of nitrogens with zero attached hydrogens (tertiary/aromatic N) is 3. The summed E-state index contributed by atoms with van der Waals surface area (Å²) in [6.07, 6.45) is 2.86. The summed E-state index contributed by atoms with van der Waals surface area (Å²) in [6, 6.07) is 3.27. The predicted molar refractivity (Wildman–Crippen MR) is 69.6 cm³/mol. The Morgan fingerprint density at radius 3 is 2.79 bits per heavy atom. The zero-order chi connectivity index (χ0) is 14.0. The van der Waals surface area contributed by atoms with Crippen LogP contribution in [-0.4, -0.2) is 28.4 Å². The minimum Gasteiger partial charge on any atom is -0.369 e. The van der Waals surface area contributed by atoms with Crippen molar-refractivity contribution in [1.82, 2.24) is 4.98 Å². The van der Waals surface area contributed by atoms with E-state index in [1.54, 1.807) is 6.07 Å². The Balaban J connectivity index is 2.18. The van der Waals surface area contributed by atoms with Gasteiger partial charge >= 0.3 is 0 Å². The summed E-state index contributed by atoms with van der Waals surface area (Å²) in [5.74, 6) is 0.149. The average Bonchev–Trinajstić information content (AvgIpc) is 2.39. The number of anilines is 1. The van der Waals surface area contributed by atoms with E-state index in [1.807, 2.05) is 11.8 Å². The van der Waals surface area contributed by atoms with Gasteiger partial charge in [0.2, 0.25) is 5.91 Å². The van der Waals surface area contributed by atoms with Crippen molar-refractivity contribution in [3.05, 3.63) is 28.4 Å². The third kappa shape index (κ3) is 2.81. The Kier molecular flexibility index (Phi) is 3.64. The fraction of sp³-hybridized carbons (Fsp3) is 0.500. The second-order valence-electron chi connectivity index (χ2n) is 4.81. The summed E-state index contributed by atoms with van der Waals surface area (Å²) in [5.41, 5.74) is 5.30. The second kappa shape index (κ2) is 5.21. The number of pyridine rings is 1. The van der Waals surface area contributed by atoms with Crippen LogP contribution in [0, 0.1) is 16.0 Å². The molecular weight excluding hydrogens is 248 g/mol. The molecule has 1 aliphatic heterocycles. The Hall–Kier alpha value is -2.18. The molecule has 0 radical (unpaired) electrons. The van der Waals surface area contributed by atoms with Crippen LogP contribution in [0.1, 0.15) is 19.8 Å². The highest BCUT2D eigenvalue weighted by Crippen LogP contribution is 2.27. The van der Waals surface area contributed by atoms with Crippen LogP contribution in [0.4, 0.5) is 11.5 Å². The first-order valence-electron chi connectivity index (χ1n) is 6.15. The predicted octanol–water partition coefficient (Wildman–Crippen LogP) is 1.08. The molecule has 1 fully saturated rings. The largest absolute Gasteiger partial charge is 0.369 e. The number of carbonyl (C=O) groups excluding carboxylic acids is 1. The molecule has 2 heterocycles. The number of hydrogen-bond donors (Lipinski definition) is 1. The first-order valence-corrected chi connectivity index (χ1v) is 6.15. The van der Waals surface area contributed by atoms with Crippen LogP contribution in [0.25, 0.3) is 0 Å². The topological polar surface area (TPSA) is 102 Å². The van der Waals surface area contributed by atoms with Gasteiger partial charge in [0.25, 0.3) is 5.69 Å². The lowest BCUT2D eigenvalue weighted by Gasteiger charge is -2.37. The van der Waals surface area contributed by atoms with E-state index in [-0.39, 0.29) is 23.6 Å². The second-order valence-corrected chi connectivity index (χ2v) is 4.81. The zero-order valence-electron chi connectivity index (χ0n) is 10.7. The minimum absolute atomic E-state index is 0.0418. The van der Waals surface area contributed by atoms with Crippen molar-refractivity contribution in [3.63, 3.8) is 0 Å². The minimum atomic E-state index is -0.484. The Bertz CT molecular complexity index is 488. The molecule has 2 atom stereocenters. The lowest BCUT2D eigenvalue weighted by molar-refractivity contribution is -0.385. The molecule has 0 aromatic carbocycles. The molecule has 0 saturated carbocycles. The number of nitrogens with two attached hydrogens (primary N) is 1. The van der Waals surface area contributed by atoms with Crippen molar-refractivity contribution in [2.75, 3.05) is 11.4 Å². The van der Waals surface area contributed by atoms with Crippen LogP contribution in [0.2, 0.25) is 0 Å². The molecule has 102 valence electrons. The molecule has 19 heavy (non-hydrogen) atoms. The number of carbonyl (C=O) groups is 1. The SMILES string of the molecule is C[C@@H]1CC[C@@H](C(N)=O)CN1c1ccc([N+](=O)[O-])cn1. The Morgan fingerprint density at radius 1 is 1.53 bits per heavy atom. The van der Waals surface area contributed by atoms with E-state index < -0.39 is 4.92 Å². The summed E-state index contributed by atoms with van der Waals surface area (Å²) in [5, 5.41) is 10.6. The van der Waals surface area contributed by atoms with Crippen molar-refractivity contribution >= 4 is 17.4 Å². The van der Waals surface area contributed by atoms with E-state index in [0.717, 1.165) is 12.8 Å². The van der Waals surface area contributed by atoms with Gasteiger partial charge < -0.3 is 10.6 Å². The van der Waals surface area contributed by atoms with Crippen molar-refractivity contribution in [3.8, 4) is 0 Å². The van der Waals surface area contributed by atoms with Crippen LogP contribution < -0.4 is 10.6 Å². The summed E-state index contributed by atoms with van der Waals surface area (Å²) in [6.45, 7) is 2.56. The number of hydrogen-bond acceptors (Lipinski definition) is 5. The van der Waals surface area contributed by atoms with Crippen LogP contribution in [-0.2, 0) is 4.79 Å². The molecule has 2 rings (SSSR count). The molecule has 1 amide bonds. The number of amides is 1. The van der Waals surface area contributed by atoms with Crippen LogP contribution in [0.5, 0.6) is 0 Å². The Labute approximate surface area is 110 Å². The molecule has 2 N–H and O–H groups in total. The molecule has 1 aromatic heterocycles. The summed E-state index contributed by atoms with van der Waals surface area (Å²) < 4.78 is 0. The van der Waals surface area contributed by atoms with Gasteiger partial charge in [-0.15, -0.1) is 0 Å². The van der Waals surface area contributed by atoms with Crippen LogP contribution in [0.15, 0.2) is 18.3 Å². The lowest BCUT2D eigenvalue weighted by atomic mass is 9.93. The number of primary amides is 1. The van der Waals surface area contributed by atoms with Gasteiger partial charge in [-0.05, 0) is 25.8 Å². The van der Waals surface area contributed by atoms with Gasteiger partial charge in [0.15, 0.2) is 0 Å². The first-order chi connectivity index (χ1) is 8.99. The number of rotatable bonds is 3. The maximum atomic E-state index is 11.3. The highest BCUT2D eigenvalue weighted by molar-refractivity contribution is 5.77. The molecule has 1 aromatic rings. The van der Waals surface area contributed by atoms with Crippen molar-refractivity contribution in [2.45, 2.75) is 25.8 Å². The van der Waals surface area contributed by atoms with Gasteiger partial charge in [-0.25, -0.2) is 4.98 Å². The first kappa shape index (κ1) is 13.3. The normalized spacial score (nSPS) is 23.1. The van der Waals surface area contributed by atoms with Gasteiger partial charge in [0.05, 0.1) is 10.8 Å². The molecule has 7 heteroatoms. The quantitative estimate of drug-likeness (QED) is 0.650. The Morgan fingerprint density at radius 2 is 2.26 bits per heavy atom. The van der Waals surface area contributed by atoms with E-state index in [1.165, 1.54) is 12.3 Å². The van der Waals surface area contributed by atoms with Crippen molar-refractivity contribution in [1.29, 1.82) is 0 Å². The molecule has 0 aliphatic carbocycles. The van der Waals surface area contributed by atoms with Crippen LogP contribution >= 0.6 is 0 Å². The van der Waals surface area contributed by atoms with E-state index in [0.29, 0.717) is 12.4 Å². The number of piperidine rings is 1. The van der Waals surface area contributed by atoms with Crippen LogP contribution in [0.3, 0.4) is 0 Å². The molecule has 7 nitrogen and oxygen atoms in total. The summed E-state index contributed by atoms with van der Waals surface area (Å²) in [7, 11) is 0. The smallest absolute Gasteiger partial charge is 0.287 e. The van der Waals surface area contributed by atoms with E-state index in [2.05, 4.69) is 4.98 Å². The fourth-order valence-electron chi connectivity index (χ4n) is 2.31. The highest BCUT2D eigenvalue weighted by atomic mass is 16.6. The molecule has 1 aliphatic rings. The zero-order valence-corrected chi connectivity index (χ0v) is 10.7. The lowest BCUT2D eigenvalue weighted by Crippen LogP contribution is -2.46. The molecule has 1 saturated heterocycles. The standard InChI is InChI=1S/C12H16N4O3/c1-8-2-3-9(12(13)17)7-15(8)11-5-4-10(6-14-11)16(18)19/h4-6,8-9H,2-3,7H2,1H3,(H2,13,17)/t8-,9-/m1/s1. The van der Waals surface area contributed by atoms with Crippen molar-refractivity contribution < 1.29 is 9.72 Å². The monoisotopic (exact) mass is 264 g/mol. The molecular formula is C12H16N4O3. The number of aromatic nitrogens is 1. The molecule has 0 bridgehead atoms.